The van der Waals surface area contributed by atoms with Crippen molar-refractivity contribution < 1.29 is 9.13 Å². The van der Waals surface area contributed by atoms with Gasteiger partial charge in [0.05, 0.1) is 12.8 Å². The van der Waals surface area contributed by atoms with Gasteiger partial charge < -0.3 is 10.1 Å². The molecule has 1 heterocycles. The van der Waals surface area contributed by atoms with Gasteiger partial charge in [-0.25, -0.2) is 4.39 Å². The first kappa shape index (κ1) is 9.65. The third-order valence-corrected chi connectivity index (χ3v) is 3.44. The van der Waals surface area contributed by atoms with E-state index in [1.807, 2.05) is 11.8 Å². The fourth-order valence-electron chi connectivity index (χ4n) is 1.33. The Bertz CT molecular complexity index is 328. The third kappa shape index (κ3) is 1.95. The minimum Gasteiger partial charge on any atom is -0.495 e. The third-order valence-electron chi connectivity index (χ3n) is 2.16. The Morgan fingerprint density at radius 2 is 2.29 bits per heavy atom. The van der Waals surface area contributed by atoms with E-state index in [-0.39, 0.29) is 5.82 Å². The second-order valence-electron chi connectivity index (χ2n) is 3.22. The first-order valence-electron chi connectivity index (χ1n) is 4.47. The van der Waals surface area contributed by atoms with Crippen LogP contribution in [0.4, 0.5) is 10.1 Å². The Balaban J connectivity index is 2.15. The number of anilines is 1. The lowest BCUT2D eigenvalue weighted by molar-refractivity contribution is 0.415. The van der Waals surface area contributed by atoms with Crippen molar-refractivity contribution in [1.29, 1.82) is 0 Å². The van der Waals surface area contributed by atoms with Crippen molar-refractivity contribution in [2.24, 2.45) is 0 Å². The van der Waals surface area contributed by atoms with Crippen LogP contribution in [0.25, 0.3) is 0 Å². The van der Waals surface area contributed by atoms with Gasteiger partial charge in [0.15, 0.2) is 0 Å². The lowest BCUT2D eigenvalue weighted by Crippen LogP contribution is -2.33. The number of ether oxygens (including phenoxy) is 1. The Morgan fingerprint density at radius 1 is 1.50 bits per heavy atom. The maximum absolute atomic E-state index is 13.0. The standard InChI is InChI=1S/C10H12FNOS/c1-13-10-3-2-7(11)4-9(10)12-8-5-14-6-8/h2-4,8,12H,5-6H2,1H3. The van der Waals surface area contributed by atoms with E-state index in [1.54, 1.807) is 13.2 Å². The van der Waals surface area contributed by atoms with Gasteiger partial charge in [-0.2, -0.15) is 11.8 Å². The molecule has 1 saturated heterocycles. The highest BCUT2D eigenvalue weighted by Gasteiger charge is 2.19. The highest BCUT2D eigenvalue weighted by molar-refractivity contribution is 8.00. The van der Waals surface area contributed by atoms with Crippen LogP contribution in [0.1, 0.15) is 0 Å². The molecule has 0 bridgehead atoms. The number of halogens is 1. The van der Waals surface area contributed by atoms with Crippen LogP contribution in [0.5, 0.6) is 5.75 Å². The number of nitrogens with one attached hydrogen (secondary N) is 1. The molecule has 76 valence electrons. The van der Waals surface area contributed by atoms with E-state index >= 15 is 0 Å². The monoisotopic (exact) mass is 213 g/mol. The molecule has 4 heteroatoms. The van der Waals surface area contributed by atoms with Crippen molar-refractivity contribution in [2.75, 3.05) is 23.9 Å². The Morgan fingerprint density at radius 3 is 2.86 bits per heavy atom. The fraction of sp³-hybridized carbons (Fsp3) is 0.400. The maximum Gasteiger partial charge on any atom is 0.142 e. The predicted molar refractivity (Wildman–Crippen MR) is 57.7 cm³/mol. The fourth-order valence-corrected chi connectivity index (χ4v) is 1.97. The maximum atomic E-state index is 13.0. The average Bonchev–Trinajstić information content (AvgIpc) is 2.12. The number of thioether (sulfide) groups is 1. The molecule has 0 unspecified atom stereocenters. The van der Waals surface area contributed by atoms with E-state index < -0.39 is 0 Å². The molecule has 0 atom stereocenters. The lowest BCUT2D eigenvalue weighted by atomic mass is 10.2. The van der Waals surface area contributed by atoms with Crippen molar-refractivity contribution in [2.45, 2.75) is 6.04 Å². The molecule has 0 aliphatic carbocycles. The van der Waals surface area contributed by atoms with E-state index in [1.165, 1.54) is 12.1 Å². The van der Waals surface area contributed by atoms with E-state index in [2.05, 4.69) is 5.32 Å². The molecule has 1 aromatic rings. The molecule has 14 heavy (non-hydrogen) atoms. The topological polar surface area (TPSA) is 21.3 Å². The zero-order valence-corrected chi connectivity index (χ0v) is 8.73. The first-order valence-corrected chi connectivity index (χ1v) is 5.63. The summed E-state index contributed by atoms with van der Waals surface area (Å²) in [7, 11) is 1.59. The Kier molecular flexibility index (Phi) is 2.82. The molecule has 0 radical (unpaired) electrons. The van der Waals surface area contributed by atoms with Crippen LogP contribution >= 0.6 is 11.8 Å². The summed E-state index contributed by atoms with van der Waals surface area (Å²) >= 11 is 1.88. The summed E-state index contributed by atoms with van der Waals surface area (Å²) < 4.78 is 18.1. The molecule has 0 saturated carbocycles. The second-order valence-corrected chi connectivity index (χ2v) is 4.30. The van der Waals surface area contributed by atoms with E-state index in [0.717, 1.165) is 17.2 Å². The van der Waals surface area contributed by atoms with Gasteiger partial charge in [0.25, 0.3) is 0 Å². The second kappa shape index (κ2) is 4.09. The quantitative estimate of drug-likeness (QED) is 0.832. The van der Waals surface area contributed by atoms with Crippen molar-refractivity contribution in [1.82, 2.24) is 0 Å². The van der Waals surface area contributed by atoms with Gasteiger partial charge in [-0.1, -0.05) is 0 Å². The lowest BCUT2D eigenvalue weighted by Gasteiger charge is -2.27. The molecule has 1 N–H and O–H groups in total. The van der Waals surface area contributed by atoms with Gasteiger partial charge in [0.2, 0.25) is 0 Å². The molecular formula is C10H12FNOS. The van der Waals surface area contributed by atoms with Crippen molar-refractivity contribution >= 4 is 17.4 Å². The summed E-state index contributed by atoms with van der Waals surface area (Å²) in [5, 5.41) is 3.25. The molecule has 0 amide bonds. The zero-order valence-electron chi connectivity index (χ0n) is 7.92. The smallest absolute Gasteiger partial charge is 0.142 e. The van der Waals surface area contributed by atoms with Crippen LogP contribution in [-0.4, -0.2) is 24.7 Å². The summed E-state index contributed by atoms with van der Waals surface area (Å²) in [5.74, 6) is 2.63. The number of methoxy groups -OCH3 is 1. The largest absolute Gasteiger partial charge is 0.495 e. The molecule has 2 rings (SSSR count). The highest BCUT2D eigenvalue weighted by atomic mass is 32.2. The van der Waals surface area contributed by atoms with Crippen LogP contribution in [0.3, 0.4) is 0 Å². The van der Waals surface area contributed by atoms with Crippen LogP contribution in [-0.2, 0) is 0 Å². The molecule has 0 aromatic heterocycles. The SMILES string of the molecule is COc1ccc(F)cc1NC1CSC1. The van der Waals surface area contributed by atoms with Gasteiger partial charge in [-0.3, -0.25) is 0 Å². The van der Waals surface area contributed by atoms with Crippen molar-refractivity contribution in [3.05, 3.63) is 24.0 Å². The predicted octanol–water partition coefficient (Wildman–Crippen LogP) is 2.36. The highest BCUT2D eigenvalue weighted by Crippen LogP contribution is 2.29. The van der Waals surface area contributed by atoms with Crippen molar-refractivity contribution in [3.63, 3.8) is 0 Å². The van der Waals surface area contributed by atoms with Gasteiger partial charge in [-0.15, -0.1) is 0 Å². The number of rotatable bonds is 3. The number of hydrogen-bond acceptors (Lipinski definition) is 3. The molecule has 0 spiro atoms. The summed E-state index contributed by atoms with van der Waals surface area (Å²) in [5.41, 5.74) is 0.748. The van der Waals surface area contributed by atoms with Crippen LogP contribution in [0.15, 0.2) is 18.2 Å². The Labute approximate surface area is 86.8 Å². The molecule has 1 aliphatic rings. The molecular weight excluding hydrogens is 201 g/mol. The first-order chi connectivity index (χ1) is 6.79. The molecule has 1 fully saturated rings. The van der Waals surface area contributed by atoms with E-state index in [0.29, 0.717) is 11.8 Å². The molecule has 1 aliphatic heterocycles. The minimum absolute atomic E-state index is 0.236. The average molecular weight is 213 g/mol. The van der Waals surface area contributed by atoms with E-state index in [4.69, 9.17) is 4.74 Å². The summed E-state index contributed by atoms with van der Waals surface area (Å²) in [6, 6.07) is 4.97. The summed E-state index contributed by atoms with van der Waals surface area (Å²) in [6.45, 7) is 0. The zero-order chi connectivity index (χ0) is 9.97. The minimum atomic E-state index is -0.236. The van der Waals surface area contributed by atoms with E-state index in [9.17, 15) is 4.39 Å². The van der Waals surface area contributed by atoms with Crippen molar-refractivity contribution in [3.8, 4) is 5.75 Å². The van der Waals surface area contributed by atoms with Crippen LogP contribution in [0.2, 0.25) is 0 Å². The Hall–Kier alpha value is -0.900. The van der Waals surface area contributed by atoms with Crippen LogP contribution < -0.4 is 10.1 Å². The number of hydrogen-bond donors (Lipinski definition) is 1. The molecule has 1 aromatic carbocycles. The number of benzene rings is 1. The summed E-state index contributed by atoms with van der Waals surface area (Å²) in [6.07, 6.45) is 0. The van der Waals surface area contributed by atoms with Gasteiger partial charge in [0, 0.05) is 23.6 Å². The molecule has 2 nitrogen and oxygen atoms in total. The van der Waals surface area contributed by atoms with Gasteiger partial charge >= 0.3 is 0 Å². The normalized spacial score (nSPS) is 16.1. The van der Waals surface area contributed by atoms with Crippen LogP contribution in [0, 0.1) is 5.82 Å². The van der Waals surface area contributed by atoms with Gasteiger partial charge in [-0.05, 0) is 12.1 Å². The van der Waals surface area contributed by atoms with Gasteiger partial charge in [0.1, 0.15) is 11.6 Å². The summed E-state index contributed by atoms with van der Waals surface area (Å²) in [4.78, 5) is 0.